The summed E-state index contributed by atoms with van der Waals surface area (Å²) in [6, 6.07) is 19.4. The largest absolute Gasteiger partial charge is 0.238 e. The Kier molecular flexibility index (Phi) is 3.57. The molecule has 1 aliphatic heterocycles. The van der Waals surface area contributed by atoms with E-state index in [1.807, 2.05) is 11.8 Å². The van der Waals surface area contributed by atoms with E-state index in [-0.39, 0.29) is 0 Å². The van der Waals surface area contributed by atoms with Crippen LogP contribution in [0.1, 0.15) is 18.1 Å². The Morgan fingerprint density at radius 3 is 2.73 bits per heavy atom. The van der Waals surface area contributed by atoms with Crippen molar-refractivity contribution in [1.82, 2.24) is 0 Å². The van der Waals surface area contributed by atoms with Gasteiger partial charge in [-0.3, -0.25) is 0 Å². The third-order valence-corrected chi connectivity index (χ3v) is 5.77. The monoisotopic (exact) mass is 319 g/mol. The Balaban J connectivity index is 1.82. The van der Waals surface area contributed by atoms with Crippen LogP contribution < -0.4 is 0 Å². The molecule has 0 N–H and O–H groups in total. The van der Waals surface area contributed by atoms with Crippen LogP contribution in [0.3, 0.4) is 0 Å². The summed E-state index contributed by atoms with van der Waals surface area (Å²) in [5.74, 6) is 0. The van der Waals surface area contributed by atoms with E-state index in [1.165, 1.54) is 36.6 Å². The van der Waals surface area contributed by atoms with Crippen molar-refractivity contribution in [2.75, 3.05) is 0 Å². The molecular formula is C20H15S2+. The molecule has 1 aromatic heterocycles. The van der Waals surface area contributed by atoms with Crippen molar-refractivity contribution in [2.45, 2.75) is 11.8 Å². The van der Waals surface area contributed by atoms with Gasteiger partial charge in [-0.05, 0) is 47.9 Å². The Bertz CT molecular complexity index is 914. The molecule has 0 amide bonds. The van der Waals surface area contributed by atoms with E-state index in [2.05, 4.69) is 79.1 Å². The fraction of sp³-hybridized carbons (Fsp3) is 0.0500. The molecule has 4 rings (SSSR count). The highest BCUT2D eigenvalue weighted by Gasteiger charge is 2.14. The molecular weight excluding hydrogens is 304 g/mol. The first-order chi connectivity index (χ1) is 10.8. The number of hydrogen-bond donors (Lipinski definition) is 0. The lowest BCUT2D eigenvalue weighted by Crippen LogP contribution is -1.91. The Hall–Kier alpha value is -1.90. The van der Waals surface area contributed by atoms with Gasteiger partial charge in [0.15, 0.2) is 5.38 Å². The van der Waals surface area contributed by atoms with Gasteiger partial charge in [-0.25, -0.2) is 0 Å². The molecule has 0 saturated heterocycles. The number of fused-ring (bicyclic) bond motifs is 2. The Morgan fingerprint density at radius 2 is 1.77 bits per heavy atom. The highest BCUT2D eigenvalue weighted by molar-refractivity contribution is 8.03. The van der Waals surface area contributed by atoms with E-state index >= 15 is 0 Å². The minimum atomic E-state index is 1.29. The lowest BCUT2D eigenvalue weighted by atomic mass is 10.1. The maximum absolute atomic E-state index is 2.30. The number of rotatable bonds is 1. The average Bonchev–Trinajstić information content (AvgIpc) is 2.55. The van der Waals surface area contributed by atoms with Crippen LogP contribution in [0.25, 0.3) is 21.7 Å². The molecule has 0 nitrogen and oxygen atoms in total. The normalized spacial score (nSPS) is 15.7. The predicted molar refractivity (Wildman–Crippen MR) is 100 cm³/mol. The van der Waals surface area contributed by atoms with E-state index in [0.717, 1.165) is 0 Å². The van der Waals surface area contributed by atoms with Crippen LogP contribution in [0.2, 0.25) is 0 Å². The Morgan fingerprint density at radius 1 is 0.955 bits per heavy atom. The first-order valence-corrected chi connectivity index (χ1v) is 8.98. The van der Waals surface area contributed by atoms with Crippen LogP contribution in [-0.4, -0.2) is 0 Å². The van der Waals surface area contributed by atoms with Crippen molar-refractivity contribution >= 4 is 44.8 Å². The summed E-state index contributed by atoms with van der Waals surface area (Å²) in [6.45, 7) is 2.19. The molecule has 2 aromatic carbocycles. The van der Waals surface area contributed by atoms with Crippen LogP contribution in [0.4, 0.5) is 0 Å². The summed E-state index contributed by atoms with van der Waals surface area (Å²) in [7, 11) is 0. The third kappa shape index (κ3) is 2.49. The lowest BCUT2D eigenvalue weighted by Gasteiger charge is -2.16. The van der Waals surface area contributed by atoms with Crippen molar-refractivity contribution in [1.29, 1.82) is 0 Å². The van der Waals surface area contributed by atoms with E-state index in [1.54, 1.807) is 11.3 Å². The van der Waals surface area contributed by atoms with Gasteiger partial charge in [0.2, 0.25) is 16.0 Å². The molecule has 0 unspecified atom stereocenters. The maximum atomic E-state index is 2.30. The zero-order valence-corrected chi connectivity index (χ0v) is 13.9. The second-order valence-electron chi connectivity index (χ2n) is 5.34. The molecule has 1 aliphatic rings. The molecule has 2 heterocycles. The predicted octanol–water partition coefficient (Wildman–Crippen LogP) is 6.73. The van der Waals surface area contributed by atoms with Crippen LogP contribution in [0, 0.1) is 0 Å². The number of benzene rings is 2. The summed E-state index contributed by atoms with van der Waals surface area (Å²) in [4.78, 5) is 2.65. The van der Waals surface area contributed by atoms with Crippen LogP contribution in [-0.2, 0) is 0 Å². The van der Waals surface area contributed by atoms with E-state index < -0.39 is 0 Å². The minimum Gasteiger partial charge on any atom is -0.0894 e. The van der Waals surface area contributed by atoms with Gasteiger partial charge in [-0.2, -0.15) is 0 Å². The third-order valence-electron chi connectivity index (χ3n) is 3.84. The molecule has 0 aliphatic carbocycles. The summed E-state index contributed by atoms with van der Waals surface area (Å²) in [5.41, 5.74) is 3.98. The fourth-order valence-electron chi connectivity index (χ4n) is 2.76. The van der Waals surface area contributed by atoms with Gasteiger partial charge < -0.3 is 0 Å². The zero-order chi connectivity index (χ0) is 14.9. The number of thioether (sulfide) groups is 1. The Labute approximate surface area is 138 Å². The number of hydrogen-bond acceptors (Lipinski definition) is 1. The van der Waals surface area contributed by atoms with Crippen LogP contribution in [0.5, 0.6) is 0 Å². The van der Waals surface area contributed by atoms with Gasteiger partial charge in [0.1, 0.15) is 0 Å². The molecule has 0 bridgehead atoms. The van der Waals surface area contributed by atoms with Crippen LogP contribution >= 0.6 is 23.1 Å². The van der Waals surface area contributed by atoms with E-state index in [0.29, 0.717) is 0 Å². The molecule has 0 radical (unpaired) electrons. The molecule has 0 saturated carbocycles. The second-order valence-corrected chi connectivity index (χ2v) is 7.41. The molecule has 0 fully saturated rings. The maximum Gasteiger partial charge on any atom is 0.238 e. The van der Waals surface area contributed by atoms with Crippen LogP contribution in [0.15, 0.2) is 75.9 Å². The highest BCUT2D eigenvalue weighted by atomic mass is 32.2. The zero-order valence-electron chi connectivity index (χ0n) is 12.2. The molecule has 106 valence electrons. The first kappa shape index (κ1) is 13.7. The SMILES string of the molecule is CC1=C/C(=C\c2cc[s+]c3ccccc23)Sc2ccccc21. The summed E-state index contributed by atoms with van der Waals surface area (Å²) < 4.78 is 1.33. The van der Waals surface area contributed by atoms with E-state index in [9.17, 15) is 0 Å². The minimum absolute atomic E-state index is 1.29. The van der Waals surface area contributed by atoms with Crippen molar-refractivity contribution in [3.8, 4) is 0 Å². The summed E-state index contributed by atoms with van der Waals surface area (Å²) >= 11 is 3.64. The lowest BCUT2D eigenvalue weighted by molar-refractivity contribution is 1.37. The van der Waals surface area contributed by atoms with Crippen molar-refractivity contribution in [3.05, 3.63) is 82.1 Å². The topological polar surface area (TPSA) is 0 Å². The quantitative estimate of drug-likeness (QED) is 0.448. The molecule has 0 atom stereocenters. The standard InChI is InChI=1S/C20H15S2/c1-14-12-16(22-20-9-5-2-6-17(14)20)13-15-10-11-21-19-8-4-3-7-18(15)19/h2-13H,1H3/q+1. The smallest absolute Gasteiger partial charge is 0.0894 e. The molecule has 2 heteroatoms. The van der Waals surface area contributed by atoms with Gasteiger partial charge in [0.25, 0.3) is 0 Å². The number of allylic oxidation sites excluding steroid dienone is 2. The second kappa shape index (κ2) is 5.71. The van der Waals surface area contributed by atoms with Gasteiger partial charge in [-0.1, -0.05) is 42.1 Å². The summed E-state index contributed by atoms with van der Waals surface area (Å²) in [5, 5.41) is 3.50. The van der Waals surface area contributed by atoms with Gasteiger partial charge in [-0.15, -0.1) is 0 Å². The van der Waals surface area contributed by atoms with E-state index in [4.69, 9.17) is 0 Å². The van der Waals surface area contributed by atoms with Gasteiger partial charge in [0, 0.05) is 27.3 Å². The highest BCUT2D eigenvalue weighted by Crippen LogP contribution is 2.41. The molecule has 3 aromatic rings. The molecule has 0 spiro atoms. The fourth-order valence-corrected chi connectivity index (χ4v) is 4.75. The van der Waals surface area contributed by atoms with Gasteiger partial charge >= 0.3 is 0 Å². The van der Waals surface area contributed by atoms with Gasteiger partial charge in [0.05, 0.1) is 0 Å². The van der Waals surface area contributed by atoms with Crippen molar-refractivity contribution in [3.63, 3.8) is 0 Å². The summed E-state index contributed by atoms with van der Waals surface area (Å²) in [6.07, 6.45) is 4.59. The first-order valence-electron chi connectivity index (χ1n) is 7.28. The molecule has 22 heavy (non-hydrogen) atoms. The average molecular weight is 319 g/mol. The van der Waals surface area contributed by atoms with Crippen molar-refractivity contribution in [2.24, 2.45) is 0 Å². The van der Waals surface area contributed by atoms with Crippen molar-refractivity contribution < 1.29 is 0 Å².